The van der Waals surface area contributed by atoms with Crippen LogP contribution < -0.4 is 5.73 Å². The summed E-state index contributed by atoms with van der Waals surface area (Å²) in [4.78, 5) is 0. The second-order valence-electron chi connectivity index (χ2n) is 4.62. The summed E-state index contributed by atoms with van der Waals surface area (Å²) in [5.41, 5.74) is 7.10. The van der Waals surface area contributed by atoms with Gasteiger partial charge in [0.1, 0.15) is 5.82 Å². The first kappa shape index (κ1) is 13.0. The quantitative estimate of drug-likeness (QED) is 0.932. The zero-order chi connectivity index (χ0) is 12.3. The lowest BCUT2D eigenvalue weighted by atomic mass is 9.90. The van der Waals surface area contributed by atoms with Crippen molar-refractivity contribution in [3.8, 4) is 0 Å². The summed E-state index contributed by atoms with van der Waals surface area (Å²) in [5.74, 6) is 0.173. The Balaban J connectivity index is 1.99. The Kier molecular flexibility index (Phi) is 4.54. The van der Waals surface area contributed by atoms with Crippen LogP contribution in [-0.2, 0) is 11.2 Å². The fourth-order valence-electron chi connectivity index (χ4n) is 2.27. The Morgan fingerprint density at radius 3 is 2.94 bits per heavy atom. The SMILES string of the molecule is NC(Cc1cc(F)cc(Br)c1)C1CCCOC1. The van der Waals surface area contributed by atoms with E-state index in [4.69, 9.17) is 10.5 Å². The molecule has 0 aromatic heterocycles. The molecule has 0 saturated carbocycles. The molecule has 0 radical (unpaired) electrons. The molecule has 1 aromatic carbocycles. The molecular formula is C13H17BrFNO. The van der Waals surface area contributed by atoms with Gasteiger partial charge < -0.3 is 10.5 Å². The second-order valence-corrected chi connectivity index (χ2v) is 5.54. The van der Waals surface area contributed by atoms with E-state index in [1.54, 1.807) is 6.07 Å². The van der Waals surface area contributed by atoms with Gasteiger partial charge in [0.05, 0.1) is 6.61 Å². The third-order valence-electron chi connectivity index (χ3n) is 3.19. The lowest BCUT2D eigenvalue weighted by Gasteiger charge is -2.27. The average molecular weight is 302 g/mol. The predicted molar refractivity (Wildman–Crippen MR) is 69.3 cm³/mol. The summed E-state index contributed by atoms with van der Waals surface area (Å²) in [5, 5.41) is 0. The number of ether oxygens (including phenoxy) is 1. The van der Waals surface area contributed by atoms with Gasteiger partial charge in [0, 0.05) is 17.1 Å². The summed E-state index contributed by atoms with van der Waals surface area (Å²) in [6.07, 6.45) is 2.88. The van der Waals surface area contributed by atoms with Gasteiger partial charge in [-0.3, -0.25) is 0 Å². The highest BCUT2D eigenvalue weighted by molar-refractivity contribution is 9.10. The highest BCUT2D eigenvalue weighted by Gasteiger charge is 2.21. The Bertz CT molecular complexity index is 359. The van der Waals surface area contributed by atoms with Gasteiger partial charge in [-0.05, 0) is 48.9 Å². The van der Waals surface area contributed by atoms with Crippen molar-refractivity contribution in [2.45, 2.75) is 25.3 Å². The molecule has 2 rings (SSSR count). The maximum Gasteiger partial charge on any atom is 0.124 e. The van der Waals surface area contributed by atoms with Crippen LogP contribution in [0, 0.1) is 11.7 Å². The smallest absolute Gasteiger partial charge is 0.124 e. The summed E-state index contributed by atoms with van der Waals surface area (Å²) < 4.78 is 19.4. The zero-order valence-corrected chi connectivity index (χ0v) is 11.2. The van der Waals surface area contributed by atoms with Crippen molar-refractivity contribution in [2.75, 3.05) is 13.2 Å². The average Bonchev–Trinajstić information content (AvgIpc) is 2.28. The summed E-state index contributed by atoms with van der Waals surface area (Å²) in [6.45, 7) is 1.58. The maximum atomic E-state index is 13.2. The number of hydrogen-bond acceptors (Lipinski definition) is 2. The number of nitrogens with two attached hydrogens (primary N) is 1. The van der Waals surface area contributed by atoms with Crippen LogP contribution >= 0.6 is 15.9 Å². The normalized spacial score (nSPS) is 22.4. The van der Waals surface area contributed by atoms with Crippen molar-refractivity contribution in [1.29, 1.82) is 0 Å². The maximum absolute atomic E-state index is 13.2. The van der Waals surface area contributed by atoms with Crippen molar-refractivity contribution in [1.82, 2.24) is 0 Å². The highest BCUT2D eigenvalue weighted by Crippen LogP contribution is 2.21. The summed E-state index contributed by atoms with van der Waals surface area (Å²) in [7, 11) is 0. The fourth-order valence-corrected chi connectivity index (χ4v) is 2.78. The van der Waals surface area contributed by atoms with E-state index in [0.717, 1.165) is 36.1 Å². The van der Waals surface area contributed by atoms with Crippen LogP contribution in [0.2, 0.25) is 0 Å². The third-order valence-corrected chi connectivity index (χ3v) is 3.65. The molecule has 1 aromatic rings. The van der Waals surface area contributed by atoms with Crippen molar-refractivity contribution >= 4 is 15.9 Å². The van der Waals surface area contributed by atoms with Gasteiger partial charge in [0.2, 0.25) is 0 Å². The van der Waals surface area contributed by atoms with Crippen molar-refractivity contribution in [2.24, 2.45) is 11.7 Å². The van der Waals surface area contributed by atoms with E-state index in [9.17, 15) is 4.39 Å². The minimum Gasteiger partial charge on any atom is -0.381 e. The first-order valence-electron chi connectivity index (χ1n) is 5.93. The van der Waals surface area contributed by atoms with E-state index in [0.29, 0.717) is 12.3 Å². The van der Waals surface area contributed by atoms with E-state index >= 15 is 0 Å². The Hall–Kier alpha value is -0.450. The molecule has 2 atom stereocenters. The number of hydrogen-bond donors (Lipinski definition) is 1. The van der Waals surface area contributed by atoms with Crippen LogP contribution in [0.3, 0.4) is 0 Å². The summed E-state index contributed by atoms with van der Waals surface area (Å²) in [6, 6.07) is 4.98. The Labute approximate surface area is 109 Å². The molecule has 2 nitrogen and oxygen atoms in total. The van der Waals surface area contributed by atoms with Gasteiger partial charge in [-0.2, -0.15) is 0 Å². The Morgan fingerprint density at radius 1 is 1.47 bits per heavy atom. The minimum absolute atomic E-state index is 0.0454. The predicted octanol–water partition coefficient (Wildman–Crippen LogP) is 2.88. The van der Waals surface area contributed by atoms with E-state index in [2.05, 4.69) is 15.9 Å². The molecular weight excluding hydrogens is 285 g/mol. The van der Waals surface area contributed by atoms with Crippen LogP contribution in [0.15, 0.2) is 22.7 Å². The van der Waals surface area contributed by atoms with Crippen molar-refractivity contribution in [3.63, 3.8) is 0 Å². The van der Waals surface area contributed by atoms with Gasteiger partial charge in [0.15, 0.2) is 0 Å². The number of rotatable bonds is 3. The number of benzene rings is 1. The van der Waals surface area contributed by atoms with Crippen LogP contribution in [0.25, 0.3) is 0 Å². The molecule has 1 fully saturated rings. The monoisotopic (exact) mass is 301 g/mol. The zero-order valence-electron chi connectivity index (χ0n) is 9.66. The van der Waals surface area contributed by atoms with Gasteiger partial charge >= 0.3 is 0 Å². The first-order chi connectivity index (χ1) is 8.15. The Morgan fingerprint density at radius 2 is 2.29 bits per heavy atom. The van der Waals surface area contributed by atoms with Crippen molar-refractivity contribution < 1.29 is 9.13 Å². The largest absolute Gasteiger partial charge is 0.381 e. The molecule has 0 amide bonds. The highest BCUT2D eigenvalue weighted by atomic mass is 79.9. The van der Waals surface area contributed by atoms with E-state index < -0.39 is 0 Å². The van der Waals surface area contributed by atoms with E-state index in [1.165, 1.54) is 6.07 Å². The summed E-state index contributed by atoms with van der Waals surface area (Å²) >= 11 is 3.29. The minimum atomic E-state index is -0.221. The molecule has 1 aliphatic rings. The standard InChI is InChI=1S/C13H17BrFNO/c14-11-4-9(5-12(15)7-11)6-13(16)10-2-1-3-17-8-10/h4-5,7,10,13H,1-3,6,8,16H2. The molecule has 2 unspecified atom stereocenters. The van der Waals surface area contributed by atoms with Crippen LogP contribution in [0.4, 0.5) is 4.39 Å². The molecule has 17 heavy (non-hydrogen) atoms. The lowest BCUT2D eigenvalue weighted by molar-refractivity contribution is 0.0450. The molecule has 1 saturated heterocycles. The van der Waals surface area contributed by atoms with Gasteiger partial charge in [-0.25, -0.2) is 4.39 Å². The van der Waals surface area contributed by atoms with E-state index in [-0.39, 0.29) is 11.9 Å². The molecule has 0 spiro atoms. The van der Waals surface area contributed by atoms with Crippen LogP contribution in [0.1, 0.15) is 18.4 Å². The third kappa shape index (κ3) is 3.76. The van der Waals surface area contributed by atoms with Gasteiger partial charge in [-0.1, -0.05) is 15.9 Å². The van der Waals surface area contributed by atoms with Gasteiger partial charge in [0.25, 0.3) is 0 Å². The second kappa shape index (κ2) is 5.94. The first-order valence-corrected chi connectivity index (χ1v) is 6.73. The fraction of sp³-hybridized carbons (Fsp3) is 0.538. The molecule has 0 aliphatic carbocycles. The van der Waals surface area contributed by atoms with Crippen LogP contribution in [-0.4, -0.2) is 19.3 Å². The molecule has 4 heteroatoms. The van der Waals surface area contributed by atoms with Crippen LogP contribution in [0.5, 0.6) is 0 Å². The van der Waals surface area contributed by atoms with E-state index in [1.807, 2.05) is 6.07 Å². The molecule has 2 N–H and O–H groups in total. The molecule has 1 aliphatic heterocycles. The van der Waals surface area contributed by atoms with Crippen molar-refractivity contribution in [3.05, 3.63) is 34.1 Å². The number of halogens is 2. The molecule has 0 bridgehead atoms. The molecule has 94 valence electrons. The topological polar surface area (TPSA) is 35.2 Å². The molecule has 1 heterocycles. The van der Waals surface area contributed by atoms with Gasteiger partial charge in [-0.15, -0.1) is 0 Å². The lowest BCUT2D eigenvalue weighted by Crippen LogP contribution is -2.37.